The first-order valence-electron chi connectivity index (χ1n) is 5.27. The first-order valence-corrected chi connectivity index (χ1v) is 5.27. The Kier molecular flexibility index (Phi) is 3.05. The van der Waals surface area contributed by atoms with Crippen molar-refractivity contribution in [1.82, 2.24) is 0 Å². The normalized spacial score (nSPS) is 15.6. The van der Waals surface area contributed by atoms with Gasteiger partial charge in [-0.15, -0.1) is 0 Å². The Balaban J connectivity index is 2.25. The molecule has 1 unspecified atom stereocenters. The maximum Gasteiger partial charge on any atom is 0.163 e. The standard InChI is InChI=1S/C11H16N2O3/c1-7(6-14)13-9-5-11-10(4-8(9)12)15-2-3-16-11/h4-5,7,13-14H,2-3,6,12H2,1H3. The summed E-state index contributed by atoms with van der Waals surface area (Å²) in [5.41, 5.74) is 7.21. The average Bonchev–Trinajstić information content (AvgIpc) is 2.30. The molecule has 0 bridgehead atoms. The molecule has 0 amide bonds. The number of anilines is 2. The van der Waals surface area contributed by atoms with Gasteiger partial charge in [0, 0.05) is 18.2 Å². The number of hydrogen-bond acceptors (Lipinski definition) is 5. The van der Waals surface area contributed by atoms with Crippen molar-refractivity contribution in [3.8, 4) is 11.5 Å². The molecule has 5 nitrogen and oxygen atoms in total. The maximum absolute atomic E-state index is 8.97. The Morgan fingerprint density at radius 3 is 2.62 bits per heavy atom. The summed E-state index contributed by atoms with van der Waals surface area (Å²) in [6.45, 7) is 3.02. The molecule has 2 rings (SSSR count). The number of nitrogen functional groups attached to an aromatic ring is 1. The molecular formula is C11H16N2O3. The second kappa shape index (κ2) is 4.49. The highest BCUT2D eigenvalue weighted by atomic mass is 16.6. The van der Waals surface area contributed by atoms with Gasteiger partial charge in [-0.2, -0.15) is 0 Å². The van der Waals surface area contributed by atoms with Gasteiger partial charge < -0.3 is 25.6 Å². The fourth-order valence-electron chi connectivity index (χ4n) is 1.54. The minimum atomic E-state index is -0.0511. The predicted molar refractivity (Wildman–Crippen MR) is 62.0 cm³/mol. The molecule has 88 valence electrons. The van der Waals surface area contributed by atoms with E-state index in [1.165, 1.54) is 0 Å². The second-order valence-electron chi connectivity index (χ2n) is 3.81. The minimum Gasteiger partial charge on any atom is -0.486 e. The van der Waals surface area contributed by atoms with Gasteiger partial charge in [0.1, 0.15) is 13.2 Å². The zero-order valence-corrected chi connectivity index (χ0v) is 9.19. The highest BCUT2D eigenvalue weighted by Crippen LogP contribution is 2.37. The third kappa shape index (κ3) is 2.14. The molecule has 0 aromatic heterocycles. The Morgan fingerprint density at radius 2 is 2.00 bits per heavy atom. The number of nitrogens with two attached hydrogens (primary N) is 1. The molecule has 1 aromatic carbocycles. The fraction of sp³-hybridized carbons (Fsp3) is 0.455. The summed E-state index contributed by atoms with van der Waals surface area (Å²) in [6, 6.07) is 3.49. The van der Waals surface area contributed by atoms with Crippen LogP contribution >= 0.6 is 0 Å². The van der Waals surface area contributed by atoms with Gasteiger partial charge in [-0.25, -0.2) is 0 Å². The van der Waals surface area contributed by atoms with Crippen LogP contribution in [-0.4, -0.2) is 31.0 Å². The van der Waals surface area contributed by atoms with Crippen LogP contribution in [0.2, 0.25) is 0 Å². The van der Waals surface area contributed by atoms with E-state index in [0.717, 1.165) is 5.69 Å². The molecule has 0 radical (unpaired) electrons. The summed E-state index contributed by atoms with van der Waals surface area (Å²) >= 11 is 0. The smallest absolute Gasteiger partial charge is 0.163 e. The first-order chi connectivity index (χ1) is 7.70. The number of hydrogen-bond donors (Lipinski definition) is 3. The molecule has 0 saturated heterocycles. The zero-order chi connectivity index (χ0) is 11.5. The summed E-state index contributed by atoms with van der Waals surface area (Å²) < 4.78 is 10.9. The topological polar surface area (TPSA) is 76.7 Å². The number of benzene rings is 1. The van der Waals surface area contributed by atoms with Crippen LogP contribution < -0.4 is 20.5 Å². The molecule has 0 aliphatic carbocycles. The van der Waals surface area contributed by atoms with Gasteiger partial charge in [0.05, 0.1) is 18.0 Å². The van der Waals surface area contributed by atoms with Crippen LogP contribution in [-0.2, 0) is 0 Å². The lowest BCUT2D eigenvalue weighted by molar-refractivity contribution is 0.172. The lowest BCUT2D eigenvalue weighted by Gasteiger charge is -2.21. The van der Waals surface area contributed by atoms with Crippen molar-refractivity contribution >= 4 is 11.4 Å². The third-order valence-electron chi connectivity index (χ3n) is 2.39. The second-order valence-corrected chi connectivity index (χ2v) is 3.81. The summed E-state index contributed by atoms with van der Waals surface area (Å²) in [5.74, 6) is 1.36. The molecular weight excluding hydrogens is 208 g/mol. The molecule has 1 heterocycles. The molecule has 1 aliphatic rings. The lowest BCUT2D eigenvalue weighted by atomic mass is 10.2. The summed E-state index contributed by atoms with van der Waals surface area (Å²) in [5, 5.41) is 12.1. The van der Waals surface area contributed by atoms with Crippen molar-refractivity contribution < 1.29 is 14.6 Å². The van der Waals surface area contributed by atoms with Crippen LogP contribution in [0.25, 0.3) is 0 Å². The molecule has 0 spiro atoms. The molecule has 0 saturated carbocycles. The monoisotopic (exact) mass is 224 g/mol. The number of aliphatic hydroxyl groups excluding tert-OH is 1. The van der Waals surface area contributed by atoms with Gasteiger partial charge in [0.15, 0.2) is 11.5 Å². The van der Waals surface area contributed by atoms with E-state index in [-0.39, 0.29) is 12.6 Å². The van der Waals surface area contributed by atoms with E-state index < -0.39 is 0 Å². The number of rotatable bonds is 3. The van der Waals surface area contributed by atoms with Gasteiger partial charge in [0.2, 0.25) is 0 Å². The van der Waals surface area contributed by atoms with Crippen molar-refractivity contribution in [2.45, 2.75) is 13.0 Å². The van der Waals surface area contributed by atoms with Crippen molar-refractivity contribution in [2.75, 3.05) is 30.9 Å². The van der Waals surface area contributed by atoms with Gasteiger partial charge in [-0.05, 0) is 6.92 Å². The van der Waals surface area contributed by atoms with Gasteiger partial charge in [-0.3, -0.25) is 0 Å². The molecule has 0 fully saturated rings. The van der Waals surface area contributed by atoms with Crippen LogP contribution in [0.1, 0.15) is 6.92 Å². The first kappa shape index (κ1) is 10.9. The van der Waals surface area contributed by atoms with E-state index in [4.69, 9.17) is 20.3 Å². The van der Waals surface area contributed by atoms with E-state index in [1.807, 2.05) is 6.92 Å². The van der Waals surface area contributed by atoms with Gasteiger partial charge in [-0.1, -0.05) is 0 Å². The Labute approximate surface area is 94.2 Å². The molecule has 1 aliphatic heterocycles. The molecule has 1 atom stereocenters. The zero-order valence-electron chi connectivity index (χ0n) is 9.19. The van der Waals surface area contributed by atoms with E-state index in [9.17, 15) is 0 Å². The van der Waals surface area contributed by atoms with Crippen molar-refractivity contribution in [3.63, 3.8) is 0 Å². The summed E-state index contributed by atoms with van der Waals surface area (Å²) in [7, 11) is 0. The number of nitrogens with one attached hydrogen (secondary N) is 1. The van der Waals surface area contributed by atoms with E-state index in [2.05, 4.69) is 5.32 Å². The molecule has 4 N–H and O–H groups in total. The van der Waals surface area contributed by atoms with E-state index in [0.29, 0.717) is 30.4 Å². The Morgan fingerprint density at radius 1 is 1.38 bits per heavy atom. The van der Waals surface area contributed by atoms with Crippen molar-refractivity contribution in [1.29, 1.82) is 0 Å². The van der Waals surface area contributed by atoms with Crippen LogP contribution in [0.15, 0.2) is 12.1 Å². The van der Waals surface area contributed by atoms with Crippen molar-refractivity contribution in [3.05, 3.63) is 12.1 Å². The quantitative estimate of drug-likeness (QED) is 0.663. The highest BCUT2D eigenvalue weighted by Gasteiger charge is 2.15. The van der Waals surface area contributed by atoms with Crippen LogP contribution in [0, 0.1) is 0 Å². The van der Waals surface area contributed by atoms with Gasteiger partial charge >= 0.3 is 0 Å². The highest BCUT2D eigenvalue weighted by molar-refractivity contribution is 5.72. The largest absolute Gasteiger partial charge is 0.486 e. The van der Waals surface area contributed by atoms with Crippen LogP contribution in [0.5, 0.6) is 11.5 Å². The fourth-order valence-corrected chi connectivity index (χ4v) is 1.54. The summed E-state index contributed by atoms with van der Waals surface area (Å²) in [6.07, 6.45) is 0. The minimum absolute atomic E-state index is 0.0495. The lowest BCUT2D eigenvalue weighted by Crippen LogP contribution is -2.21. The number of aliphatic hydroxyl groups is 1. The van der Waals surface area contributed by atoms with Crippen LogP contribution in [0.3, 0.4) is 0 Å². The predicted octanol–water partition coefficient (Wildman–Crippen LogP) is 0.833. The third-order valence-corrected chi connectivity index (χ3v) is 2.39. The molecule has 16 heavy (non-hydrogen) atoms. The summed E-state index contributed by atoms with van der Waals surface area (Å²) in [4.78, 5) is 0. The Hall–Kier alpha value is -1.62. The SMILES string of the molecule is CC(CO)Nc1cc2c(cc1N)OCCO2. The Bertz CT molecular complexity index is 382. The van der Waals surface area contributed by atoms with Crippen molar-refractivity contribution in [2.24, 2.45) is 0 Å². The number of fused-ring (bicyclic) bond motifs is 1. The van der Waals surface area contributed by atoms with E-state index in [1.54, 1.807) is 12.1 Å². The maximum atomic E-state index is 8.97. The molecule has 5 heteroatoms. The van der Waals surface area contributed by atoms with Gasteiger partial charge in [0.25, 0.3) is 0 Å². The van der Waals surface area contributed by atoms with Crippen LogP contribution in [0.4, 0.5) is 11.4 Å². The number of ether oxygens (including phenoxy) is 2. The van der Waals surface area contributed by atoms with E-state index >= 15 is 0 Å². The average molecular weight is 224 g/mol. The molecule has 1 aromatic rings.